The van der Waals surface area contributed by atoms with Crippen molar-refractivity contribution in [3.63, 3.8) is 0 Å². The van der Waals surface area contributed by atoms with E-state index in [1.165, 1.54) is 6.07 Å². The van der Waals surface area contributed by atoms with Gasteiger partial charge in [0.15, 0.2) is 0 Å². The minimum atomic E-state index is -0.142. The summed E-state index contributed by atoms with van der Waals surface area (Å²) >= 11 is 0. The normalized spacial score (nSPS) is 9.79. The van der Waals surface area contributed by atoms with E-state index in [1.807, 2.05) is 38.6 Å². The molecule has 2 rings (SSSR count). The number of rotatable bonds is 0. The Kier molecular flexibility index (Phi) is 3.28. The second-order valence-electron chi connectivity index (χ2n) is 3.05. The highest BCUT2D eigenvalue weighted by Crippen LogP contribution is 2.21. The highest BCUT2D eigenvalue weighted by atomic mass is 19.1. The summed E-state index contributed by atoms with van der Waals surface area (Å²) in [6.45, 7) is 5.99. The molecule has 0 unspecified atom stereocenters. The molecule has 0 saturated carbocycles. The summed E-state index contributed by atoms with van der Waals surface area (Å²) in [7, 11) is 1.93. The lowest BCUT2D eigenvalue weighted by Gasteiger charge is -2.00. The quantitative estimate of drug-likeness (QED) is 0.602. The fourth-order valence-corrected chi connectivity index (χ4v) is 1.58. The van der Waals surface area contributed by atoms with Crippen LogP contribution in [-0.2, 0) is 7.05 Å². The van der Waals surface area contributed by atoms with Gasteiger partial charge in [0.1, 0.15) is 5.82 Å². The van der Waals surface area contributed by atoms with Crippen LogP contribution in [-0.4, -0.2) is 4.57 Å². The van der Waals surface area contributed by atoms with Gasteiger partial charge in [0.2, 0.25) is 0 Å². The third-order valence-corrected chi connectivity index (χ3v) is 2.18. The molecule has 14 heavy (non-hydrogen) atoms. The third kappa shape index (κ3) is 1.65. The molecule has 0 radical (unpaired) electrons. The Morgan fingerprint density at radius 3 is 2.36 bits per heavy atom. The van der Waals surface area contributed by atoms with Crippen molar-refractivity contribution in [3.05, 3.63) is 35.8 Å². The maximum Gasteiger partial charge on any atom is 0.132 e. The van der Waals surface area contributed by atoms with Crippen molar-refractivity contribution in [1.29, 1.82) is 0 Å². The van der Waals surface area contributed by atoms with Crippen molar-refractivity contribution in [2.24, 2.45) is 7.05 Å². The van der Waals surface area contributed by atoms with Crippen molar-refractivity contribution in [3.8, 4) is 0 Å². The Morgan fingerprint density at radius 2 is 1.79 bits per heavy atom. The molecule has 2 aromatic rings. The van der Waals surface area contributed by atoms with Crippen molar-refractivity contribution in [2.45, 2.75) is 20.8 Å². The van der Waals surface area contributed by atoms with Gasteiger partial charge in [-0.15, -0.1) is 0 Å². The first-order valence-electron chi connectivity index (χ1n) is 4.90. The fraction of sp³-hybridized carbons (Fsp3) is 0.333. The van der Waals surface area contributed by atoms with Gasteiger partial charge < -0.3 is 4.57 Å². The number of halogens is 1. The lowest BCUT2D eigenvalue weighted by Crippen LogP contribution is -1.88. The molecule has 0 fully saturated rings. The van der Waals surface area contributed by atoms with Gasteiger partial charge in [0.05, 0.1) is 5.52 Å². The van der Waals surface area contributed by atoms with Crippen LogP contribution >= 0.6 is 0 Å². The minimum absolute atomic E-state index is 0.142. The molecular weight excluding hydrogens is 177 g/mol. The van der Waals surface area contributed by atoms with E-state index in [4.69, 9.17) is 0 Å². The predicted molar refractivity (Wildman–Crippen MR) is 59.0 cm³/mol. The summed E-state index contributed by atoms with van der Waals surface area (Å²) in [5.41, 5.74) is 2.09. The molecule has 0 spiro atoms. The van der Waals surface area contributed by atoms with Crippen LogP contribution in [0.4, 0.5) is 4.39 Å². The molecule has 1 aromatic heterocycles. The van der Waals surface area contributed by atoms with E-state index in [2.05, 4.69) is 0 Å². The van der Waals surface area contributed by atoms with Crippen LogP contribution in [0.25, 0.3) is 10.9 Å². The molecule has 1 aromatic carbocycles. The molecule has 0 aliphatic heterocycles. The van der Waals surface area contributed by atoms with Gasteiger partial charge in [-0.25, -0.2) is 4.39 Å². The lowest BCUT2D eigenvalue weighted by molar-refractivity contribution is 0.639. The molecule has 0 bridgehead atoms. The number of benzene rings is 1. The number of nitrogens with zero attached hydrogens (tertiary/aromatic N) is 1. The number of aryl methyl sites for hydroxylation is 2. The summed E-state index contributed by atoms with van der Waals surface area (Å²) in [5, 5.41) is 0.706. The topological polar surface area (TPSA) is 4.93 Å². The van der Waals surface area contributed by atoms with E-state index in [0.717, 1.165) is 11.1 Å². The fourth-order valence-electron chi connectivity index (χ4n) is 1.58. The molecule has 76 valence electrons. The lowest BCUT2D eigenvalue weighted by atomic mass is 10.1. The smallest absolute Gasteiger partial charge is 0.132 e. The summed E-state index contributed by atoms with van der Waals surface area (Å²) in [6.07, 6.45) is 1.88. The number of hydrogen-bond donors (Lipinski definition) is 0. The van der Waals surface area contributed by atoms with Gasteiger partial charge in [0.25, 0.3) is 0 Å². The molecular formula is C12H16FN. The van der Waals surface area contributed by atoms with E-state index in [-0.39, 0.29) is 5.82 Å². The molecule has 0 amide bonds. The van der Waals surface area contributed by atoms with Crippen molar-refractivity contribution < 1.29 is 4.39 Å². The molecule has 1 heterocycles. The first kappa shape index (κ1) is 10.8. The monoisotopic (exact) mass is 193 g/mol. The Hall–Kier alpha value is -1.31. The van der Waals surface area contributed by atoms with E-state index in [1.54, 1.807) is 12.1 Å². The van der Waals surface area contributed by atoms with E-state index in [0.29, 0.717) is 5.39 Å². The van der Waals surface area contributed by atoms with E-state index >= 15 is 0 Å². The van der Waals surface area contributed by atoms with E-state index in [9.17, 15) is 4.39 Å². The molecule has 0 N–H and O–H groups in total. The SMILES string of the molecule is CC.Cc1ccc(F)c2ccn(C)c12. The first-order valence-corrected chi connectivity index (χ1v) is 4.90. The number of hydrogen-bond acceptors (Lipinski definition) is 0. The van der Waals surface area contributed by atoms with Crippen molar-refractivity contribution >= 4 is 10.9 Å². The van der Waals surface area contributed by atoms with Gasteiger partial charge in [0, 0.05) is 18.6 Å². The second-order valence-corrected chi connectivity index (χ2v) is 3.05. The second kappa shape index (κ2) is 4.27. The van der Waals surface area contributed by atoms with Crippen molar-refractivity contribution in [2.75, 3.05) is 0 Å². The summed E-state index contributed by atoms with van der Waals surface area (Å²) < 4.78 is 15.1. The zero-order valence-electron chi connectivity index (χ0n) is 9.13. The molecule has 0 saturated heterocycles. The molecule has 1 nitrogen and oxygen atoms in total. The van der Waals surface area contributed by atoms with Gasteiger partial charge in [-0.1, -0.05) is 19.9 Å². The number of fused-ring (bicyclic) bond motifs is 1. The molecule has 0 aliphatic carbocycles. The maximum atomic E-state index is 13.2. The van der Waals surface area contributed by atoms with Crippen molar-refractivity contribution in [1.82, 2.24) is 4.57 Å². The van der Waals surface area contributed by atoms with Crippen LogP contribution in [0.2, 0.25) is 0 Å². The first-order chi connectivity index (χ1) is 6.70. The summed E-state index contributed by atoms with van der Waals surface area (Å²) in [5.74, 6) is -0.142. The largest absolute Gasteiger partial charge is 0.350 e. The number of aromatic nitrogens is 1. The van der Waals surface area contributed by atoms with Gasteiger partial charge in [-0.2, -0.15) is 0 Å². The summed E-state index contributed by atoms with van der Waals surface area (Å²) in [4.78, 5) is 0. The summed E-state index contributed by atoms with van der Waals surface area (Å²) in [6, 6.07) is 5.12. The molecule has 0 atom stereocenters. The Balaban J connectivity index is 0.000000461. The Morgan fingerprint density at radius 1 is 1.14 bits per heavy atom. The van der Waals surface area contributed by atoms with Crippen LogP contribution in [0.15, 0.2) is 24.4 Å². The van der Waals surface area contributed by atoms with Gasteiger partial charge in [-0.3, -0.25) is 0 Å². The van der Waals surface area contributed by atoms with Crippen LogP contribution in [0.5, 0.6) is 0 Å². The Bertz CT molecular complexity index is 429. The Labute approximate surface area is 84.2 Å². The zero-order valence-corrected chi connectivity index (χ0v) is 9.13. The zero-order chi connectivity index (χ0) is 10.7. The maximum absolute atomic E-state index is 13.2. The average Bonchev–Trinajstić information content (AvgIpc) is 2.59. The van der Waals surface area contributed by atoms with Crippen LogP contribution in [0.1, 0.15) is 19.4 Å². The molecule has 0 aliphatic rings. The third-order valence-electron chi connectivity index (χ3n) is 2.18. The average molecular weight is 193 g/mol. The highest BCUT2D eigenvalue weighted by molar-refractivity contribution is 5.83. The molecule has 2 heteroatoms. The van der Waals surface area contributed by atoms with Gasteiger partial charge >= 0.3 is 0 Å². The van der Waals surface area contributed by atoms with E-state index < -0.39 is 0 Å². The highest BCUT2D eigenvalue weighted by Gasteiger charge is 2.05. The van der Waals surface area contributed by atoms with Gasteiger partial charge in [-0.05, 0) is 24.6 Å². The van der Waals surface area contributed by atoms with Crippen LogP contribution in [0.3, 0.4) is 0 Å². The minimum Gasteiger partial charge on any atom is -0.350 e. The predicted octanol–water partition coefficient (Wildman–Crippen LogP) is 3.65. The van der Waals surface area contributed by atoms with Crippen LogP contribution < -0.4 is 0 Å². The standard InChI is InChI=1S/C10H10FN.C2H6/c1-7-3-4-9(11)8-5-6-12(2)10(7)8;1-2/h3-6H,1-2H3;1-2H3. The van der Waals surface area contributed by atoms with Crippen LogP contribution in [0, 0.1) is 12.7 Å².